The van der Waals surface area contributed by atoms with Crippen LogP contribution in [-0.2, 0) is 6.61 Å². The second-order valence-corrected chi connectivity index (χ2v) is 4.97. The molecule has 1 N–H and O–H groups in total. The van der Waals surface area contributed by atoms with Crippen LogP contribution < -0.4 is 0 Å². The lowest BCUT2D eigenvalue weighted by Gasteiger charge is -2.10. The van der Waals surface area contributed by atoms with Gasteiger partial charge in [0.1, 0.15) is 0 Å². The number of rotatable bonds is 4. The number of aliphatic hydroxyl groups excluding tert-OH is 1. The van der Waals surface area contributed by atoms with Gasteiger partial charge < -0.3 is 5.11 Å². The zero-order chi connectivity index (χ0) is 10.6. The molecule has 0 unspecified atom stereocenters. The molecule has 1 aromatic carbocycles. The molecule has 0 aromatic heterocycles. The van der Waals surface area contributed by atoms with Gasteiger partial charge in [0.05, 0.1) is 6.61 Å². The zero-order valence-corrected chi connectivity index (χ0v) is 9.90. The number of thioether (sulfide) groups is 1. The molecule has 0 heterocycles. The maximum Gasteiger partial charge on any atom is 0.0684 e. The van der Waals surface area contributed by atoms with Gasteiger partial charge in [-0.25, -0.2) is 0 Å². The van der Waals surface area contributed by atoms with Gasteiger partial charge in [-0.1, -0.05) is 26.0 Å². The Bertz CT molecular complexity index is 294. The van der Waals surface area contributed by atoms with E-state index < -0.39 is 0 Å². The van der Waals surface area contributed by atoms with Gasteiger partial charge in [-0.05, 0) is 30.0 Å². The highest BCUT2D eigenvalue weighted by molar-refractivity contribution is 7.99. The van der Waals surface area contributed by atoms with E-state index in [4.69, 9.17) is 5.11 Å². The molecule has 14 heavy (non-hydrogen) atoms. The van der Waals surface area contributed by atoms with Crippen LogP contribution in [0.5, 0.6) is 0 Å². The molecule has 1 aromatic rings. The van der Waals surface area contributed by atoms with Crippen LogP contribution in [0.15, 0.2) is 23.1 Å². The minimum Gasteiger partial charge on any atom is -0.392 e. The van der Waals surface area contributed by atoms with E-state index in [1.54, 1.807) is 0 Å². The Labute approximate surface area is 90.5 Å². The number of aliphatic hydroxyl groups is 1. The second kappa shape index (κ2) is 5.42. The first-order valence-electron chi connectivity index (χ1n) is 4.97. The van der Waals surface area contributed by atoms with E-state index in [0.29, 0.717) is 5.92 Å². The maximum atomic E-state index is 9.11. The minimum atomic E-state index is 0.141. The number of hydrogen-bond donors (Lipinski definition) is 1. The van der Waals surface area contributed by atoms with Crippen molar-refractivity contribution < 1.29 is 5.11 Å². The quantitative estimate of drug-likeness (QED) is 0.770. The van der Waals surface area contributed by atoms with Crippen LogP contribution in [0.3, 0.4) is 0 Å². The predicted octanol–water partition coefficient (Wildman–Crippen LogP) is 3.24. The third kappa shape index (κ3) is 3.03. The smallest absolute Gasteiger partial charge is 0.0684 e. The molecule has 1 rings (SSSR count). The lowest BCUT2D eigenvalue weighted by atomic mass is 10.1. The van der Waals surface area contributed by atoms with Crippen LogP contribution in [0.4, 0.5) is 0 Å². The molecule has 0 fully saturated rings. The summed E-state index contributed by atoms with van der Waals surface area (Å²) >= 11 is 1.87. The van der Waals surface area contributed by atoms with E-state index in [9.17, 15) is 0 Å². The van der Waals surface area contributed by atoms with Crippen LogP contribution >= 0.6 is 11.8 Å². The van der Waals surface area contributed by atoms with E-state index in [2.05, 4.69) is 26.8 Å². The van der Waals surface area contributed by atoms with Crippen LogP contribution in [0.1, 0.15) is 25.0 Å². The number of hydrogen-bond acceptors (Lipinski definition) is 2. The Balaban J connectivity index is 2.76. The standard InChI is InChI=1S/C12H18OS/c1-9(2)8-14-12-6-4-5-11(7-13)10(12)3/h4-6,9,13H,7-8H2,1-3H3. The summed E-state index contributed by atoms with van der Waals surface area (Å²) in [7, 11) is 0. The molecule has 2 heteroatoms. The lowest BCUT2D eigenvalue weighted by Crippen LogP contribution is -1.94. The topological polar surface area (TPSA) is 20.2 Å². The molecule has 1 nitrogen and oxygen atoms in total. The molecule has 78 valence electrons. The van der Waals surface area contributed by atoms with Crippen LogP contribution in [0.25, 0.3) is 0 Å². The van der Waals surface area contributed by atoms with Gasteiger partial charge in [-0.15, -0.1) is 11.8 Å². The normalized spacial score (nSPS) is 10.9. The van der Waals surface area contributed by atoms with Gasteiger partial charge in [-0.2, -0.15) is 0 Å². The van der Waals surface area contributed by atoms with Crippen molar-refractivity contribution in [3.05, 3.63) is 29.3 Å². The summed E-state index contributed by atoms with van der Waals surface area (Å²) in [5, 5.41) is 9.11. The maximum absolute atomic E-state index is 9.11. The third-order valence-electron chi connectivity index (χ3n) is 2.14. The van der Waals surface area contributed by atoms with Gasteiger partial charge in [0, 0.05) is 10.6 Å². The highest BCUT2D eigenvalue weighted by atomic mass is 32.2. The second-order valence-electron chi connectivity index (χ2n) is 3.90. The minimum absolute atomic E-state index is 0.141. The Kier molecular flexibility index (Phi) is 4.49. The first kappa shape index (κ1) is 11.6. The highest BCUT2D eigenvalue weighted by Gasteiger charge is 2.04. The first-order chi connectivity index (χ1) is 6.65. The molecule has 0 radical (unpaired) electrons. The molecule has 0 amide bonds. The summed E-state index contributed by atoms with van der Waals surface area (Å²) in [4.78, 5) is 1.30. The Morgan fingerprint density at radius 2 is 2.07 bits per heavy atom. The molecule has 0 aliphatic rings. The zero-order valence-electron chi connectivity index (χ0n) is 9.08. The van der Waals surface area contributed by atoms with Crippen LogP contribution in [0, 0.1) is 12.8 Å². The number of benzene rings is 1. The van der Waals surface area contributed by atoms with Crippen molar-refractivity contribution in [3.63, 3.8) is 0 Å². The van der Waals surface area contributed by atoms with E-state index in [1.165, 1.54) is 10.5 Å². The lowest BCUT2D eigenvalue weighted by molar-refractivity contribution is 0.280. The van der Waals surface area contributed by atoms with Gasteiger partial charge in [-0.3, -0.25) is 0 Å². The van der Waals surface area contributed by atoms with Crippen molar-refractivity contribution in [3.8, 4) is 0 Å². The summed E-state index contributed by atoms with van der Waals surface area (Å²) in [6.07, 6.45) is 0. The molecule has 0 saturated heterocycles. The summed E-state index contributed by atoms with van der Waals surface area (Å²) in [5.41, 5.74) is 2.26. The van der Waals surface area contributed by atoms with Gasteiger partial charge >= 0.3 is 0 Å². The van der Waals surface area contributed by atoms with Crippen molar-refractivity contribution in [2.24, 2.45) is 5.92 Å². The molecule has 0 aliphatic heterocycles. The van der Waals surface area contributed by atoms with E-state index in [0.717, 1.165) is 11.3 Å². The van der Waals surface area contributed by atoms with Crippen molar-refractivity contribution in [2.75, 3.05) is 5.75 Å². The first-order valence-corrected chi connectivity index (χ1v) is 5.96. The Morgan fingerprint density at radius 3 is 2.64 bits per heavy atom. The predicted molar refractivity (Wildman–Crippen MR) is 62.7 cm³/mol. The Morgan fingerprint density at radius 1 is 1.36 bits per heavy atom. The molecule has 0 atom stereocenters. The van der Waals surface area contributed by atoms with E-state index >= 15 is 0 Å². The average molecular weight is 210 g/mol. The average Bonchev–Trinajstić information content (AvgIpc) is 2.16. The third-order valence-corrected chi connectivity index (χ3v) is 3.73. The highest BCUT2D eigenvalue weighted by Crippen LogP contribution is 2.26. The van der Waals surface area contributed by atoms with Crippen LogP contribution in [0.2, 0.25) is 0 Å². The summed E-state index contributed by atoms with van der Waals surface area (Å²) in [6.45, 7) is 6.66. The molecule has 0 bridgehead atoms. The largest absolute Gasteiger partial charge is 0.392 e. The molecule has 0 spiro atoms. The molecule has 0 saturated carbocycles. The van der Waals surface area contributed by atoms with E-state index in [1.807, 2.05) is 23.9 Å². The summed E-state index contributed by atoms with van der Waals surface area (Å²) < 4.78 is 0. The fraction of sp³-hybridized carbons (Fsp3) is 0.500. The summed E-state index contributed by atoms with van der Waals surface area (Å²) in [6, 6.07) is 6.12. The van der Waals surface area contributed by atoms with Crippen molar-refractivity contribution in [1.82, 2.24) is 0 Å². The monoisotopic (exact) mass is 210 g/mol. The molecular formula is C12H18OS. The molecule has 0 aliphatic carbocycles. The molecular weight excluding hydrogens is 192 g/mol. The van der Waals surface area contributed by atoms with Gasteiger partial charge in [0.25, 0.3) is 0 Å². The van der Waals surface area contributed by atoms with Gasteiger partial charge in [0.15, 0.2) is 0 Å². The summed E-state index contributed by atoms with van der Waals surface area (Å²) in [5.74, 6) is 1.84. The fourth-order valence-electron chi connectivity index (χ4n) is 1.24. The Hall–Kier alpha value is -0.470. The van der Waals surface area contributed by atoms with Crippen molar-refractivity contribution in [1.29, 1.82) is 0 Å². The fourth-order valence-corrected chi connectivity index (χ4v) is 2.28. The SMILES string of the molecule is Cc1c(CO)cccc1SCC(C)C. The van der Waals surface area contributed by atoms with Crippen molar-refractivity contribution in [2.45, 2.75) is 32.3 Å². The van der Waals surface area contributed by atoms with E-state index in [-0.39, 0.29) is 6.61 Å². The van der Waals surface area contributed by atoms with Crippen LogP contribution in [-0.4, -0.2) is 10.9 Å². The van der Waals surface area contributed by atoms with Gasteiger partial charge in [0.2, 0.25) is 0 Å². The van der Waals surface area contributed by atoms with Crippen molar-refractivity contribution >= 4 is 11.8 Å².